The van der Waals surface area contributed by atoms with Crippen LogP contribution in [0.1, 0.15) is 33.7 Å². The lowest BCUT2D eigenvalue weighted by Crippen LogP contribution is -2.41. The van der Waals surface area contributed by atoms with E-state index in [1.807, 2.05) is 13.8 Å². The normalized spacial score (nSPS) is 12.5. The van der Waals surface area contributed by atoms with Crippen LogP contribution in [0.3, 0.4) is 0 Å². The zero-order chi connectivity index (χ0) is 14.1. The first-order valence-electron chi connectivity index (χ1n) is 5.63. The van der Waals surface area contributed by atoms with Crippen LogP contribution in [-0.4, -0.2) is 33.5 Å². The summed E-state index contributed by atoms with van der Waals surface area (Å²) in [6.45, 7) is 6.03. The largest absolute Gasteiger partial charge is 0.406 e. The molecule has 104 valence electrons. The maximum atomic E-state index is 12.6. The molecule has 0 amide bonds. The quantitative estimate of drug-likeness (QED) is 0.861. The highest BCUT2D eigenvalue weighted by atomic mass is 32.1. The van der Waals surface area contributed by atoms with Gasteiger partial charge < -0.3 is 4.90 Å². The van der Waals surface area contributed by atoms with E-state index in [-0.39, 0.29) is 18.0 Å². The van der Waals surface area contributed by atoms with E-state index >= 15 is 0 Å². The van der Waals surface area contributed by atoms with Gasteiger partial charge in [-0.25, -0.2) is 5.10 Å². The van der Waals surface area contributed by atoms with E-state index in [4.69, 9.17) is 12.2 Å². The first-order valence-corrected chi connectivity index (χ1v) is 6.04. The van der Waals surface area contributed by atoms with Crippen molar-refractivity contribution in [3.8, 4) is 0 Å². The van der Waals surface area contributed by atoms with Gasteiger partial charge in [0.15, 0.2) is 4.77 Å². The molecule has 18 heavy (non-hydrogen) atoms. The summed E-state index contributed by atoms with van der Waals surface area (Å²) in [5.74, 6) is 0.224. The minimum absolute atomic E-state index is 0.0549. The van der Waals surface area contributed by atoms with Crippen molar-refractivity contribution in [3.05, 3.63) is 4.77 Å². The molecule has 0 aromatic carbocycles. The fourth-order valence-corrected chi connectivity index (χ4v) is 1.98. The fraction of sp³-hybridized carbons (Fsp3) is 0.800. The summed E-state index contributed by atoms with van der Waals surface area (Å²) in [4.78, 5) is 1.19. The molecule has 4 nitrogen and oxygen atoms in total. The van der Waals surface area contributed by atoms with Gasteiger partial charge in [0.2, 0.25) is 5.95 Å². The predicted octanol–water partition coefficient (Wildman–Crippen LogP) is 3.30. The van der Waals surface area contributed by atoms with Crippen molar-refractivity contribution in [1.29, 1.82) is 0 Å². The molecule has 1 aromatic heterocycles. The number of H-pyrrole nitrogens is 1. The SMILES string of the molecule is CC(C)N(CC(F)(F)F)c1n[nH]c(=S)n1C(C)C. The number of aromatic amines is 1. The Morgan fingerprint density at radius 1 is 1.33 bits per heavy atom. The molecule has 1 aromatic rings. The Balaban J connectivity index is 3.19. The van der Waals surface area contributed by atoms with Gasteiger partial charge in [-0.2, -0.15) is 13.2 Å². The van der Waals surface area contributed by atoms with Gasteiger partial charge in [0.05, 0.1) is 0 Å². The number of nitrogens with one attached hydrogen (secondary N) is 1. The molecule has 0 unspecified atom stereocenters. The minimum Gasteiger partial charge on any atom is -0.329 e. The Morgan fingerprint density at radius 2 is 1.89 bits per heavy atom. The van der Waals surface area contributed by atoms with Gasteiger partial charge in [-0.05, 0) is 39.9 Å². The van der Waals surface area contributed by atoms with Crippen molar-refractivity contribution >= 4 is 18.2 Å². The summed E-state index contributed by atoms with van der Waals surface area (Å²) in [5, 5.41) is 6.46. The van der Waals surface area contributed by atoms with Gasteiger partial charge in [-0.3, -0.25) is 4.57 Å². The molecule has 0 atom stereocenters. The minimum atomic E-state index is -4.28. The Morgan fingerprint density at radius 3 is 2.28 bits per heavy atom. The number of rotatable bonds is 4. The van der Waals surface area contributed by atoms with Gasteiger partial charge in [-0.15, -0.1) is 5.10 Å². The molecule has 0 aliphatic heterocycles. The van der Waals surface area contributed by atoms with Crippen LogP contribution in [0, 0.1) is 4.77 Å². The van der Waals surface area contributed by atoms with Gasteiger partial charge in [0.25, 0.3) is 0 Å². The van der Waals surface area contributed by atoms with E-state index in [2.05, 4.69) is 10.2 Å². The van der Waals surface area contributed by atoms with Crippen molar-refractivity contribution in [1.82, 2.24) is 14.8 Å². The number of nitrogens with zero attached hydrogens (tertiary/aromatic N) is 3. The molecule has 1 heterocycles. The van der Waals surface area contributed by atoms with Crippen molar-refractivity contribution < 1.29 is 13.2 Å². The third-order valence-electron chi connectivity index (χ3n) is 2.43. The first-order chi connectivity index (χ1) is 8.13. The standard InChI is InChI=1S/C10H17F3N4S/c1-6(2)16(5-10(11,12)13)8-14-15-9(18)17(8)7(3)4/h6-7H,5H2,1-4H3,(H,15,18). The van der Waals surface area contributed by atoms with Gasteiger partial charge >= 0.3 is 6.18 Å². The maximum Gasteiger partial charge on any atom is 0.406 e. The average Bonchev–Trinajstić information content (AvgIpc) is 2.54. The first kappa shape index (κ1) is 15.0. The average molecular weight is 282 g/mol. The molecular weight excluding hydrogens is 265 g/mol. The van der Waals surface area contributed by atoms with Crippen LogP contribution in [0.2, 0.25) is 0 Å². The summed E-state index contributed by atoms with van der Waals surface area (Å²) in [6.07, 6.45) is -4.28. The van der Waals surface area contributed by atoms with Crippen LogP contribution < -0.4 is 4.90 Å². The molecule has 0 spiro atoms. The van der Waals surface area contributed by atoms with Crippen LogP contribution in [0.25, 0.3) is 0 Å². The number of aromatic nitrogens is 3. The second kappa shape index (κ2) is 5.29. The van der Waals surface area contributed by atoms with Crippen LogP contribution in [0.15, 0.2) is 0 Å². The number of hydrogen-bond acceptors (Lipinski definition) is 3. The summed E-state index contributed by atoms with van der Waals surface area (Å²) < 4.78 is 39.6. The lowest BCUT2D eigenvalue weighted by atomic mass is 10.3. The van der Waals surface area contributed by atoms with E-state index in [1.54, 1.807) is 18.4 Å². The molecule has 0 aliphatic carbocycles. The van der Waals surface area contributed by atoms with Crippen molar-refractivity contribution in [2.24, 2.45) is 0 Å². The molecule has 1 rings (SSSR count). The third kappa shape index (κ3) is 3.47. The number of anilines is 1. The molecule has 0 radical (unpaired) electrons. The van der Waals surface area contributed by atoms with Crippen molar-refractivity contribution in [3.63, 3.8) is 0 Å². The van der Waals surface area contributed by atoms with Crippen molar-refractivity contribution in [2.75, 3.05) is 11.4 Å². The molecule has 1 N–H and O–H groups in total. The Hall–Kier alpha value is -1.05. The van der Waals surface area contributed by atoms with Crippen LogP contribution in [-0.2, 0) is 0 Å². The number of halogens is 3. The summed E-state index contributed by atoms with van der Waals surface area (Å²) in [5.41, 5.74) is 0. The topological polar surface area (TPSA) is 36.9 Å². The van der Waals surface area contributed by atoms with E-state index in [9.17, 15) is 13.2 Å². The van der Waals surface area contributed by atoms with E-state index in [1.165, 1.54) is 4.90 Å². The third-order valence-corrected chi connectivity index (χ3v) is 2.72. The number of alkyl halides is 3. The summed E-state index contributed by atoms with van der Waals surface area (Å²) in [7, 11) is 0. The zero-order valence-corrected chi connectivity index (χ0v) is 11.6. The highest BCUT2D eigenvalue weighted by molar-refractivity contribution is 7.71. The van der Waals surface area contributed by atoms with Crippen LogP contribution in [0.5, 0.6) is 0 Å². The highest BCUT2D eigenvalue weighted by Crippen LogP contribution is 2.24. The molecule has 8 heteroatoms. The second-order valence-corrected chi connectivity index (χ2v) is 5.02. The molecule has 0 aliphatic rings. The predicted molar refractivity (Wildman–Crippen MR) is 66.3 cm³/mol. The van der Waals surface area contributed by atoms with Crippen LogP contribution >= 0.6 is 12.2 Å². The second-order valence-electron chi connectivity index (χ2n) is 4.63. The lowest BCUT2D eigenvalue weighted by molar-refractivity contribution is -0.120. The Kier molecular flexibility index (Phi) is 4.41. The van der Waals surface area contributed by atoms with Crippen LogP contribution in [0.4, 0.5) is 19.1 Å². The smallest absolute Gasteiger partial charge is 0.329 e. The summed E-state index contributed by atoms with van der Waals surface area (Å²) in [6, 6.07) is -0.380. The lowest BCUT2D eigenvalue weighted by Gasteiger charge is -2.29. The molecule has 0 saturated carbocycles. The Labute approximate surface area is 109 Å². The Bertz CT molecular complexity index is 447. The van der Waals surface area contributed by atoms with E-state index in [0.717, 1.165) is 0 Å². The van der Waals surface area contributed by atoms with Crippen molar-refractivity contribution in [2.45, 2.75) is 46.0 Å². The fourth-order valence-electron chi connectivity index (χ4n) is 1.64. The molecule has 0 bridgehead atoms. The van der Waals surface area contributed by atoms with E-state index < -0.39 is 12.7 Å². The monoisotopic (exact) mass is 282 g/mol. The highest BCUT2D eigenvalue weighted by Gasteiger charge is 2.34. The summed E-state index contributed by atoms with van der Waals surface area (Å²) >= 11 is 5.03. The molecule has 0 saturated heterocycles. The number of hydrogen-bond donors (Lipinski definition) is 1. The van der Waals surface area contributed by atoms with Gasteiger partial charge in [-0.1, -0.05) is 0 Å². The zero-order valence-electron chi connectivity index (χ0n) is 10.7. The molecule has 0 fully saturated rings. The maximum absolute atomic E-state index is 12.6. The van der Waals surface area contributed by atoms with Gasteiger partial charge in [0, 0.05) is 12.1 Å². The van der Waals surface area contributed by atoms with Gasteiger partial charge in [0.1, 0.15) is 6.54 Å². The molecular formula is C10H17F3N4S. The van der Waals surface area contributed by atoms with E-state index in [0.29, 0.717) is 4.77 Å².